The van der Waals surface area contributed by atoms with Crippen molar-refractivity contribution in [2.45, 2.75) is 13.5 Å². The molecular weight excluding hydrogens is 231 g/mol. The molecule has 0 saturated carbocycles. The summed E-state index contributed by atoms with van der Waals surface area (Å²) in [5.74, 6) is -0.459. The molecule has 0 spiro atoms. The van der Waals surface area contributed by atoms with E-state index >= 15 is 0 Å². The van der Waals surface area contributed by atoms with Gasteiger partial charge in [-0.1, -0.05) is 18.2 Å². The first-order chi connectivity index (χ1) is 7.65. The monoisotopic (exact) mass is 244 g/mol. The van der Waals surface area contributed by atoms with Crippen LogP contribution in [0.2, 0.25) is 0 Å². The lowest BCUT2D eigenvalue weighted by Crippen LogP contribution is -2.08. The van der Waals surface area contributed by atoms with Crippen LogP contribution in [0.1, 0.15) is 22.8 Å². The van der Waals surface area contributed by atoms with Crippen molar-refractivity contribution in [3.8, 4) is 0 Å². The van der Waals surface area contributed by atoms with Gasteiger partial charge in [0.25, 0.3) is 0 Å². The summed E-state index contributed by atoms with van der Waals surface area (Å²) in [6.07, 6.45) is 0. The third-order valence-electron chi connectivity index (χ3n) is 1.86. The zero-order valence-corrected chi connectivity index (χ0v) is 9.80. The molecule has 0 aliphatic rings. The minimum Gasteiger partial charge on any atom is -0.462 e. The molecule has 0 aliphatic heterocycles. The summed E-state index contributed by atoms with van der Waals surface area (Å²) in [6.45, 7) is 1.91. The maximum Gasteiger partial charge on any atom is 0.338 e. The van der Waals surface area contributed by atoms with Gasteiger partial charge in [-0.2, -0.15) is 0 Å². The summed E-state index contributed by atoms with van der Waals surface area (Å²) in [7, 11) is -2.99. The van der Waals surface area contributed by atoms with Gasteiger partial charge in [-0.3, -0.25) is 4.57 Å². The second-order valence-corrected chi connectivity index (χ2v) is 3.75. The van der Waals surface area contributed by atoms with E-state index in [-0.39, 0.29) is 13.2 Å². The van der Waals surface area contributed by atoms with E-state index in [0.29, 0.717) is 11.1 Å². The molecule has 0 aliphatic carbocycles. The van der Waals surface area contributed by atoms with Crippen molar-refractivity contribution in [2.75, 3.05) is 6.61 Å². The van der Waals surface area contributed by atoms with Gasteiger partial charge in [-0.05, 0) is 18.6 Å². The molecule has 0 amide bonds. The van der Waals surface area contributed by atoms with Gasteiger partial charge in [0.05, 0.1) is 18.8 Å². The average molecular weight is 244 g/mol. The van der Waals surface area contributed by atoms with Crippen molar-refractivity contribution in [2.24, 2.45) is 0 Å². The third kappa shape index (κ3) is 3.77. The Hall–Kier alpha value is -1.16. The Morgan fingerprint density at radius 1 is 1.44 bits per heavy atom. The Bertz CT molecular complexity index is 391. The summed E-state index contributed by atoms with van der Waals surface area (Å²) in [6, 6.07) is 6.65. The predicted molar refractivity (Wildman–Crippen MR) is 58.4 cm³/mol. The first-order valence-corrected chi connectivity index (χ1v) is 6.02. The second-order valence-electron chi connectivity index (χ2n) is 2.93. The fraction of sp³-hybridized carbons (Fsp3) is 0.300. The van der Waals surface area contributed by atoms with Crippen LogP contribution in [0.3, 0.4) is 0 Å². The van der Waals surface area contributed by atoms with E-state index in [2.05, 4.69) is 4.52 Å². The van der Waals surface area contributed by atoms with E-state index in [1.165, 1.54) is 0 Å². The normalized spacial score (nSPS) is 12.1. The second kappa shape index (κ2) is 6.43. The maximum atomic E-state index is 11.5. The Morgan fingerprint density at radius 3 is 2.75 bits per heavy atom. The molecule has 5 nitrogen and oxygen atoms in total. The van der Waals surface area contributed by atoms with Crippen molar-refractivity contribution in [3.63, 3.8) is 0 Å². The molecule has 0 fully saturated rings. The van der Waals surface area contributed by atoms with Crippen molar-refractivity contribution in [3.05, 3.63) is 35.4 Å². The first-order valence-electron chi connectivity index (χ1n) is 4.76. The highest BCUT2D eigenvalue weighted by Crippen LogP contribution is 2.20. The van der Waals surface area contributed by atoms with Gasteiger partial charge in [-0.15, -0.1) is 0 Å². The van der Waals surface area contributed by atoms with Gasteiger partial charge < -0.3 is 14.2 Å². The van der Waals surface area contributed by atoms with E-state index in [1.807, 2.05) is 0 Å². The van der Waals surface area contributed by atoms with Crippen molar-refractivity contribution < 1.29 is 23.5 Å². The predicted octanol–water partition coefficient (Wildman–Crippen LogP) is 1.76. The number of hydrogen-bond acceptors (Lipinski definition) is 4. The minimum atomic E-state index is -2.99. The number of ether oxygens (including phenoxy) is 1. The zero-order valence-electron chi connectivity index (χ0n) is 8.80. The molecule has 0 saturated heterocycles. The van der Waals surface area contributed by atoms with Gasteiger partial charge >= 0.3 is 14.2 Å². The van der Waals surface area contributed by atoms with E-state index in [9.17, 15) is 9.36 Å². The lowest BCUT2D eigenvalue weighted by Gasteiger charge is -2.07. The Labute approximate surface area is 94.0 Å². The van der Waals surface area contributed by atoms with Gasteiger partial charge in [0.2, 0.25) is 0 Å². The summed E-state index contributed by atoms with van der Waals surface area (Å²) in [5.41, 5.74) is 0.890. The molecule has 1 rings (SSSR count). The van der Waals surface area contributed by atoms with Gasteiger partial charge in [-0.25, -0.2) is 4.79 Å². The van der Waals surface area contributed by atoms with Gasteiger partial charge in [0.15, 0.2) is 0 Å². The average Bonchev–Trinajstić information content (AvgIpc) is 2.27. The Morgan fingerprint density at radius 2 is 2.12 bits per heavy atom. The van der Waals surface area contributed by atoms with Crippen LogP contribution < -0.4 is 0 Å². The molecule has 0 bridgehead atoms. The molecule has 1 aromatic rings. The smallest absolute Gasteiger partial charge is 0.338 e. The molecule has 1 aromatic carbocycles. The minimum absolute atomic E-state index is 0.0801. The van der Waals surface area contributed by atoms with Crippen LogP contribution in [0.15, 0.2) is 24.3 Å². The molecule has 0 radical (unpaired) electrons. The molecule has 1 unspecified atom stereocenters. The number of benzene rings is 1. The highest BCUT2D eigenvalue weighted by atomic mass is 31.1. The molecule has 1 atom stereocenters. The lowest BCUT2D eigenvalue weighted by molar-refractivity contribution is 0.0523. The van der Waals surface area contributed by atoms with E-state index in [1.54, 1.807) is 31.2 Å². The van der Waals surface area contributed by atoms with Crippen LogP contribution in [0, 0.1) is 0 Å². The van der Waals surface area contributed by atoms with Crippen LogP contribution in [0.4, 0.5) is 0 Å². The topological polar surface area (TPSA) is 72.8 Å². The Kier molecular flexibility index (Phi) is 5.19. The SMILES string of the molecule is CCOC(=O)c1ccccc1CO[PH](=O)O. The van der Waals surface area contributed by atoms with Crippen LogP contribution in [0.5, 0.6) is 0 Å². The number of carbonyl (C=O) groups is 1. The molecule has 88 valence electrons. The number of rotatable bonds is 5. The molecule has 6 heteroatoms. The molecule has 0 aromatic heterocycles. The highest BCUT2D eigenvalue weighted by Gasteiger charge is 2.11. The van der Waals surface area contributed by atoms with Crippen molar-refractivity contribution >= 4 is 14.2 Å². The van der Waals surface area contributed by atoms with Crippen molar-refractivity contribution in [1.82, 2.24) is 0 Å². The quantitative estimate of drug-likeness (QED) is 0.631. The van der Waals surface area contributed by atoms with E-state index < -0.39 is 14.2 Å². The number of carbonyl (C=O) groups excluding carboxylic acids is 1. The Balaban J connectivity index is 2.82. The fourth-order valence-corrected chi connectivity index (χ4v) is 1.47. The van der Waals surface area contributed by atoms with E-state index in [4.69, 9.17) is 9.63 Å². The highest BCUT2D eigenvalue weighted by molar-refractivity contribution is 7.32. The van der Waals surface area contributed by atoms with Crippen LogP contribution >= 0.6 is 8.25 Å². The molecule has 1 N–H and O–H groups in total. The first kappa shape index (κ1) is 12.9. The summed E-state index contributed by atoms with van der Waals surface area (Å²) in [4.78, 5) is 20.1. The van der Waals surface area contributed by atoms with Crippen LogP contribution in [-0.2, 0) is 20.4 Å². The standard InChI is InChI=1S/C10H13O5P/c1-2-14-10(11)9-6-4-3-5-8(9)7-15-16(12)13/h3-6,16H,2,7H2,1H3,(H,12,13). The number of esters is 1. The van der Waals surface area contributed by atoms with Gasteiger partial charge in [0, 0.05) is 0 Å². The van der Waals surface area contributed by atoms with Crippen molar-refractivity contribution in [1.29, 1.82) is 0 Å². The molecule has 16 heavy (non-hydrogen) atoms. The summed E-state index contributed by atoms with van der Waals surface area (Å²) in [5, 5.41) is 0. The molecular formula is C10H13O5P. The summed E-state index contributed by atoms with van der Waals surface area (Å²) < 4.78 is 19.9. The molecule has 0 heterocycles. The van der Waals surface area contributed by atoms with E-state index in [0.717, 1.165) is 0 Å². The van der Waals surface area contributed by atoms with Crippen LogP contribution in [0.25, 0.3) is 0 Å². The van der Waals surface area contributed by atoms with Crippen LogP contribution in [-0.4, -0.2) is 17.5 Å². The summed E-state index contributed by atoms with van der Waals surface area (Å²) >= 11 is 0. The third-order valence-corrected chi connectivity index (χ3v) is 2.26. The van der Waals surface area contributed by atoms with Gasteiger partial charge in [0.1, 0.15) is 0 Å². The lowest BCUT2D eigenvalue weighted by atomic mass is 10.1. The maximum absolute atomic E-state index is 11.5. The fourth-order valence-electron chi connectivity index (χ4n) is 1.19. The number of hydrogen-bond donors (Lipinski definition) is 1. The zero-order chi connectivity index (χ0) is 12.0. The largest absolute Gasteiger partial charge is 0.462 e.